The van der Waals surface area contributed by atoms with Crippen LogP contribution < -0.4 is 5.32 Å². The van der Waals surface area contributed by atoms with E-state index < -0.39 is 17.8 Å². The smallest absolute Gasteiger partial charge is 0.254 e. The number of hydrogen-bond donors (Lipinski definition) is 1. The van der Waals surface area contributed by atoms with Gasteiger partial charge in [0.15, 0.2) is 11.0 Å². The lowest BCUT2D eigenvalue weighted by Gasteiger charge is -2.32. The summed E-state index contributed by atoms with van der Waals surface area (Å²) < 4.78 is 16.0. The van der Waals surface area contributed by atoms with Crippen LogP contribution in [0.25, 0.3) is 0 Å². The summed E-state index contributed by atoms with van der Waals surface area (Å²) in [7, 11) is 2.05. The van der Waals surface area contributed by atoms with E-state index in [-0.39, 0.29) is 23.1 Å². The van der Waals surface area contributed by atoms with E-state index in [4.69, 9.17) is 0 Å². The molecule has 0 saturated carbocycles. The van der Waals surface area contributed by atoms with Crippen molar-refractivity contribution in [2.24, 2.45) is 5.92 Å². The summed E-state index contributed by atoms with van der Waals surface area (Å²) >= 11 is 1.35. The van der Waals surface area contributed by atoms with Crippen LogP contribution in [0.15, 0.2) is 29.4 Å². The van der Waals surface area contributed by atoms with Gasteiger partial charge in [-0.25, -0.2) is 4.39 Å². The average Bonchev–Trinajstić information content (AvgIpc) is 3.18. The highest BCUT2D eigenvalue weighted by atomic mass is 32.2. The molecule has 1 aromatic carbocycles. The lowest BCUT2D eigenvalue weighted by molar-refractivity contribution is -0.129. The fourth-order valence-corrected chi connectivity index (χ4v) is 4.51. The van der Waals surface area contributed by atoms with E-state index in [0.717, 1.165) is 26.2 Å². The van der Waals surface area contributed by atoms with Gasteiger partial charge in [0.2, 0.25) is 5.91 Å². The molecule has 0 radical (unpaired) electrons. The number of carbonyl (C=O) groups is 2. The number of halogens is 1. The van der Waals surface area contributed by atoms with Gasteiger partial charge in [0.05, 0.1) is 17.4 Å². The molecule has 2 amide bonds. The first-order chi connectivity index (χ1) is 15.3. The third kappa shape index (κ3) is 5.66. The summed E-state index contributed by atoms with van der Waals surface area (Å²) in [5, 5.41) is 12.2. The lowest BCUT2D eigenvalue weighted by Crippen LogP contribution is -2.47. The Morgan fingerprint density at radius 1 is 1.16 bits per heavy atom. The molecule has 1 atom stereocenters. The zero-order valence-corrected chi connectivity index (χ0v) is 19.9. The second-order valence-electron chi connectivity index (χ2n) is 8.23. The normalized spacial score (nSPS) is 15.8. The molecule has 1 unspecified atom stereocenters. The van der Waals surface area contributed by atoms with E-state index in [1.165, 1.54) is 23.9 Å². The Kier molecular flexibility index (Phi) is 8.25. The van der Waals surface area contributed by atoms with Crippen molar-refractivity contribution < 1.29 is 14.0 Å². The first kappa shape index (κ1) is 24.2. The molecule has 1 aliphatic rings. The van der Waals surface area contributed by atoms with Gasteiger partial charge in [-0.3, -0.25) is 9.59 Å². The van der Waals surface area contributed by atoms with Crippen molar-refractivity contribution in [2.45, 2.75) is 38.5 Å². The van der Waals surface area contributed by atoms with Crippen LogP contribution in [0.4, 0.5) is 4.39 Å². The van der Waals surface area contributed by atoms with Crippen LogP contribution in [-0.2, 0) is 11.3 Å². The predicted molar refractivity (Wildman–Crippen MR) is 122 cm³/mol. The topological polar surface area (TPSA) is 83.4 Å². The van der Waals surface area contributed by atoms with Gasteiger partial charge in [0, 0.05) is 32.7 Å². The average molecular weight is 463 g/mol. The summed E-state index contributed by atoms with van der Waals surface area (Å²) in [6.07, 6.45) is 0. The SMILES string of the molecule is CCn1c(SCC(=O)N2CCN(C)CC2)nnc1C(NC(=O)c1ccccc1F)C(C)C. The third-order valence-corrected chi connectivity index (χ3v) is 6.54. The summed E-state index contributed by atoms with van der Waals surface area (Å²) in [5.74, 6) is -0.0825. The van der Waals surface area contributed by atoms with Crippen molar-refractivity contribution in [2.75, 3.05) is 39.0 Å². The highest BCUT2D eigenvalue weighted by Gasteiger charge is 2.27. The second-order valence-corrected chi connectivity index (χ2v) is 9.18. The monoisotopic (exact) mass is 462 g/mol. The van der Waals surface area contributed by atoms with Crippen LogP contribution in [0.5, 0.6) is 0 Å². The third-order valence-electron chi connectivity index (χ3n) is 5.59. The van der Waals surface area contributed by atoms with Crippen LogP contribution in [-0.4, -0.2) is 75.4 Å². The number of amides is 2. The molecule has 32 heavy (non-hydrogen) atoms. The van der Waals surface area contributed by atoms with Crippen LogP contribution >= 0.6 is 11.8 Å². The van der Waals surface area contributed by atoms with Crippen molar-refractivity contribution in [1.82, 2.24) is 29.9 Å². The van der Waals surface area contributed by atoms with Crippen molar-refractivity contribution >= 4 is 23.6 Å². The van der Waals surface area contributed by atoms with Crippen LogP contribution in [0.3, 0.4) is 0 Å². The van der Waals surface area contributed by atoms with Crippen LogP contribution in [0, 0.1) is 11.7 Å². The van der Waals surface area contributed by atoms with Gasteiger partial charge < -0.3 is 19.7 Å². The molecule has 1 aromatic heterocycles. The number of benzene rings is 1. The zero-order valence-electron chi connectivity index (χ0n) is 19.0. The quantitative estimate of drug-likeness (QED) is 0.607. The van der Waals surface area contributed by atoms with Crippen LogP contribution in [0.2, 0.25) is 0 Å². The van der Waals surface area contributed by atoms with Crippen molar-refractivity contribution in [1.29, 1.82) is 0 Å². The molecule has 10 heteroatoms. The highest BCUT2D eigenvalue weighted by Crippen LogP contribution is 2.26. The number of rotatable bonds is 8. The maximum absolute atomic E-state index is 14.1. The highest BCUT2D eigenvalue weighted by molar-refractivity contribution is 7.99. The summed E-state index contributed by atoms with van der Waals surface area (Å²) in [6.45, 7) is 9.71. The van der Waals surface area contributed by atoms with Crippen molar-refractivity contribution in [3.05, 3.63) is 41.5 Å². The van der Waals surface area contributed by atoms with Gasteiger partial charge in [-0.05, 0) is 32.0 Å². The van der Waals surface area contributed by atoms with E-state index in [1.807, 2.05) is 30.2 Å². The maximum Gasteiger partial charge on any atom is 0.254 e. The number of hydrogen-bond acceptors (Lipinski definition) is 6. The molecule has 0 spiro atoms. The molecule has 2 heterocycles. The number of nitrogens with zero attached hydrogens (tertiary/aromatic N) is 5. The Balaban J connectivity index is 1.71. The first-order valence-electron chi connectivity index (χ1n) is 10.9. The first-order valence-corrected chi connectivity index (χ1v) is 11.9. The fourth-order valence-electron chi connectivity index (χ4n) is 3.60. The van der Waals surface area contributed by atoms with E-state index in [2.05, 4.69) is 27.5 Å². The summed E-state index contributed by atoms with van der Waals surface area (Å²) in [4.78, 5) is 29.4. The molecule has 8 nitrogen and oxygen atoms in total. The molecular weight excluding hydrogens is 431 g/mol. The Bertz CT molecular complexity index is 942. The Hall–Kier alpha value is -2.46. The molecule has 1 N–H and O–H groups in total. The minimum absolute atomic E-state index is 0.00467. The van der Waals surface area contributed by atoms with E-state index >= 15 is 0 Å². The molecule has 0 bridgehead atoms. The molecule has 1 aliphatic heterocycles. The van der Waals surface area contributed by atoms with Gasteiger partial charge in [-0.1, -0.05) is 37.7 Å². The minimum Gasteiger partial charge on any atom is -0.342 e. The van der Waals surface area contributed by atoms with Crippen molar-refractivity contribution in [3.8, 4) is 0 Å². The van der Waals surface area contributed by atoms with E-state index in [0.29, 0.717) is 17.5 Å². The number of nitrogens with one attached hydrogen (secondary N) is 1. The fraction of sp³-hybridized carbons (Fsp3) is 0.545. The van der Waals surface area contributed by atoms with E-state index in [1.54, 1.807) is 12.1 Å². The molecule has 1 saturated heterocycles. The number of piperazine rings is 1. The lowest BCUT2D eigenvalue weighted by atomic mass is 10.0. The largest absolute Gasteiger partial charge is 0.342 e. The minimum atomic E-state index is -0.567. The summed E-state index contributed by atoms with van der Waals surface area (Å²) in [6, 6.07) is 5.45. The zero-order chi connectivity index (χ0) is 23.3. The van der Waals surface area contributed by atoms with Crippen LogP contribution in [0.1, 0.15) is 43.0 Å². The molecule has 2 aromatic rings. The Morgan fingerprint density at radius 2 is 1.84 bits per heavy atom. The second kappa shape index (κ2) is 10.9. The van der Waals surface area contributed by atoms with Gasteiger partial charge in [-0.15, -0.1) is 10.2 Å². The number of likely N-dealkylation sites (N-methyl/N-ethyl adjacent to an activating group) is 1. The van der Waals surface area contributed by atoms with Gasteiger partial charge in [0.25, 0.3) is 5.91 Å². The molecule has 0 aliphatic carbocycles. The predicted octanol–water partition coefficient (Wildman–Crippen LogP) is 2.43. The molecule has 3 rings (SSSR count). The molecular formula is C22H31FN6O2S. The van der Waals surface area contributed by atoms with Gasteiger partial charge >= 0.3 is 0 Å². The number of aromatic nitrogens is 3. The standard InChI is InChI=1S/C22H31FN6O2S/c1-5-29-20(19(15(2)3)24-21(31)16-8-6-7-9-17(16)23)25-26-22(29)32-14-18(30)28-12-10-27(4)11-13-28/h6-9,15,19H,5,10-14H2,1-4H3,(H,24,31). The number of thioether (sulfide) groups is 1. The van der Waals surface area contributed by atoms with Gasteiger partial charge in [0.1, 0.15) is 5.82 Å². The van der Waals surface area contributed by atoms with Gasteiger partial charge in [-0.2, -0.15) is 0 Å². The molecule has 174 valence electrons. The summed E-state index contributed by atoms with van der Waals surface area (Å²) in [5.41, 5.74) is -0.00640. The van der Waals surface area contributed by atoms with Crippen molar-refractivity contribution in [3.63, 3.8) is 0 Å². The van der Waals surface area contributed by atoms with E-state index in [9.17, 15) is 14.0 Å². The Morgan fingerprint density at radius 3 is 2.47 bits per heavy atom. The number of carbonyl (C=O) groups excluding carboxylic acids is 2. The molecule has 1 fully saturated rings. The Labute approximate surface area is 192 Å². The maximum atomic E-state index is 14.1.